The summed E-state index contributed by atoms with van der Waals surface area (Å²) in [4.78, 5) is 0. The lowest BCUT2D eigenvalue weighted by Crippen LogP contribution is -1.98. The first-order valence-corrected chi connectivity index (χ1v) is 4.12. The minimum Gasteiger partial charge on any atom is -0.382 e. The summed E-state index contributed by atoms with van der Waals surface area (Å²) in [6, 6.07) is 11.0. The second-order valence-electron chi connectivity index (χ2n) is 2.81. The van der Waals surface area contributed by atoms with Gasteiger partial charge in [-0.2, -0.15) is 10.4 Å². The van der Waals surface area contributed by atoms with E-state index in [1.807, 2.05) is 18.2 Å². The zero-order valence-corrected chi connectivity index (χ0v) is 7.38. The molecule has 0 fully saturated rings. The number of aromatic nitrogens is 2. The van der Waals surface area contributed by atoms with Gasteiger partial charge in [0.1, 0.15) is 11.9 Å². The Morgan fingerprint density at radius 2 is 2.07 bits per heavy atom. The van der Waals surface area contributed by atoms with Crippen molar-refractivity contribution in [3.8, 4) is 11.8 Å². The minimum absolute atomic E-state index is 0.442. The summed E-state index contributed by atoms with van der Waals surface area (Å²) in [6.07, 6.45) is 1.73. The van der Waals surface area contributed by atoms with Gasteiger partial charge in [0, 0.05) is 12.3 Å². The molecule has 14 heavy (non-hydrogen) atoms. The molecule has 4 heteroatoms. The molecular weight excluding hydrogens is 176 g/mol. The molecule has 2 rings (SSSR count). The Balaban J connectivity index is 2.57. The number of benzene rings is 1. The Hall–Kier alpha value is -2.28. The topological polar surface area (TPSA) is 67.6 Å². The van der Waals surface area contributed by atoms with E-state index in [0.717, 1.165) is 5.69 Å². The molecule has 0 aliphatic carbocycles. The van der Waals surface area contributed by atoms with Gasteiger partial charge >= 0.3 is 0 Å². The predicted octanol–water partition coefficient (Wildman–Crippen LogP) is 1.33. The normalized spacial score (nSPS) is 9.64. The van der Waals surface area contributed by atoms with E-state index in [9.17, 15) is 0 Å². The molecule has 1 aromatic heterocycles. The van der Waals surface area contributed by atoms with Gasteiger partial charge in [0.25, 0.3) is 0 Å². The quantitative estimate of drug-likeness (QED) is 0.726. The highest BCUT2D eigenvalue weighted by Crippen LogP contribution is 2.13. The van der Waals surface area contributed by atoms with Gasteiger partial charge in [0.15, 0.2) is 0 Å². The van der Waals surface area contributed by atoms with Gasteiger partial charge < -0.3 is 5.73 Å². The van der Waals surface area contributed by atoms with Crippen molar-refractivity contribution in [2.75, 3.05) is 5.73 Å². The highest BCUT2D eigenvalue weighted by atomic mass is 15.3. The lowest BCUT2D eigenvalue weighted by molar-refractivity contribution is 0.883. The molecule has 1 heterocycles. The van der Waals surface area contributed by atoms with Gasteiger partial charge in [0.05, 0.1) is 11.3 Å². The van der Waals surface area contributed by atoms with Crippen molar-refractivity contribution in [2.45, 2.75) is 0 Å². The Labute approximate surface area is 81.2 Å². The Morgan fingerprint density at radius 1 is 1.29 bits per heavy atom. The molecule has 2 N–H and O–H groups in total. The summed E-state index contributed by atoms with van der Waals surface area (Å²) < 4.78 is 1.59. The highest BCUT2D eigenvalue weighted by molar-refractivity contribution is 5.48. The average Bonchev–Trinajstić information content (AvgIpc) is 2.65. The van der Waals surface area contributed by atoms with E-state index >= 15 is 0 Å². The average molecular weight is 184 g/mol. The third kappa shape index (κ3) is 1.31. The summed E-state index contributed by atoms with van der Waals surface area (Å²) in [7, 11) is 0. The molecule has 2 aromatic rings. The first-order chi connectivity index (χ1) is 6.81. The fourth-order valence-electron chi connectivity index (χ4n) is 1.24. The van der Waals surface area contributed by atoms with E-state index in [4.69, 9.17) is 11.0 Å². The third-order valence-electron chi connectivity index (χ3n) is 1.88. The van der Waals surface area contributed by atoms with Crippen LogP contribution in [0.1, 0.15) is 5.56 Å². The summed E-state index contributed by atoms with van der Waals surface area (Å²) in [5, 5.41) is 12.9. The molecular formula is C10H8N4. The van der Waals surface area contributed by atoms with Crippen LogP contribution in [0.25, 0.3) is 5.69 Å². The van der Waals surface area contributed by atoms with Crippen LogP contribution < -0.4 is 5.73 Å². The first-order valence-electron chi connectivity index (χ1n) is 4.12. The molecule has 1 aromatic carbocycles. The van der Waals surface area contributed by atoms with Crippen molar-refractivity contribution in [2.24, 2.45) is 0 Å². The molecule has 0 saturated heterocycles. The number of hydrogen-bond donors (Lipinski definition) is 1. The number of nitrogens with two attached hydrogens (primary N) is 1. The van der Waals surface area contributed by atoms with Crippen LogP contribution in [0.5, 0.6) is 0 Å². The molecule has 4 nitrogen and oxygen atoms in total. The molecule has 0 atom stereocenters. The highest BCUT2D eigenvalue weighted by Gasteiger charge is 2.03. The van der Waals surface area contributed by atoms with Gasteiger partial charge in [-0.15, -0.1) is 0 Å². The molecule has 0 unspecified atom stereocenters. The number of nitriles is 1. The fraction of sp³-hybridized carbons (Fsp3) is 0. The molecule has 0 aliphatic rings. The Bertz CT molecular complexity index is 493. The van der Waals surface area contributed by atoms with Crippen molar-refractivity contribution in [1.29, 1.82) is 5.26 Å². The predicted molar refractivity (Wildman–Crippen MR) is 52.7 cm³/mol. The van der Waals surface area contributed by atoms with E-state index in [2.05, 4.69) is 11.2 Å². The number of nitrogens with zero attached hydrogens (tertiary/aromatic N) is 3. The number of nitrogen functional groups attached to an aromatic ring is 1. The van der Waals surface area contributed by atoms with E-state index < -0.39 is 0 Å². The van der Waals surface area contributed by atoms with E-state index in [1.165, 1.54) is 0 Å². The van der Waals surface area contributed by atoms with Crippen molar-refractivity contribution in [1.82, 2.24) is 9.78 Å². The van der Waals surface area contributed by atoms with Crippen molar-refractivity contribution in [3.63, 3.8) is 0 Å². The second kappa shape index (κ2) is 3.23. The summed E-state index contributed by atoms with van der Waals surface area (Å²) >= 11 is 0. The molecule has 0 radical (unpaired) electrons. The van der Waals surface area contributed by atoms with E-state index in [0.29, 0.717) is 11.4 Å². The molecule has 0 saturated carbocycles. The number of anilines is 1. The van der Waals surface area contributed by atoms with Crippen molar-refractivity contribution < 1.29 is 0 Å². The van der Waals surface area contributed by atoms with Gasteiger partial charge in [-0.25, -0.2) is 4.68 Å². The van der Waals surface area contributed by atoms with Gasteiger partial charge in [-0.1, -0.05) is 12.1 Å². The zero-order chi connectivity index (χ0) is 9.97. The Morgan fingerprint density at radius 3 is 2.71 bits per heavy atom. The van der Waals surface area contributed by atoms with Crippen LogP contribution >= 0.6 is 0 Å². The number of para-hydroxylation sites is 1. The summed E-state index contributed by atoms with van der Waals surface area (Å²) in [5.74, 6) is 0.442. The monoisotopic (exact) mass is 184 g/mol. The van der Waals surface area contributed by atoms with Gasteiger partial charge in [0.2, 0.25) is 0 Å². The maximum Gasteiger partial charge on any atom is 0.145 e. The maximum atomic E-state index is 8.86. The molecule has 0 spiro atoms. The summed E-state index contributed by atoms with van der Waals surface area (Å²) in [6.45, 7) is 0. The largest absolute Gasteiger partial charge is 0.382 e. The lowest BCUT2D eigenvalue weighted by atomic mass is 10.2. The van der Waals surface area contributed by atoms with Crippen LogP contribution in [0.3, 0.4) is 0 Å². The standard InChI is InChI=1S/C10H8N4/c11-7-8-3-1-2-4-9(8)14-6-5-10(12)13-14/h1-6H,(H2,12,13). The van der Waals surface area contributed by atoms with Crippen LogP contribution in [0.15, 0.2) is 36.5 Å². The second-order valence-corrected chi connectivity index (χ2v) is 2.81. The van der Waals surface area contributed by atoms with Crippen LogP contribution in [0.2, 0.25) is 0 Å². The van der Waals surface area contributed by atoms with Crippen LogP contribution in [0.4, 0.5) is 5.82 Å². The first kappa shape index (κ1) is 8.32. The minimum atomic E-state index is 0.442. The van der Waals surface area contributed by atoms with E-state index in [-0.39, 0.29) is 0 Å². The zero-order valence-electron chi connectivity index (χ0n) is 7.38. The Kier molecular flexibility index (Phi) is 1.92. The van der Waals surface area contributed by atoms with Crippen molar-refractivity contribution >= 4 is 5.82 Å². The van der Waals surface area contributed by atoms with Crippen molar-refractivity contribution in [3.05, 3.63) is 42.1 Å². The number of hydrogen-bond acceptors (Lipinski definition) is 3. The smallest absolute Gasteiger partial charge is 0.145 e. The van der Waals surface area contributed by atoms with Gasteiger partial charge in [-0.3, -0.25) is 0 Å². The third-order valence-corrected chi connectivity index (χ3v) is 1.88. The van der Waals surface area contributed by atoms with Crippen LogP contribution in [-0.4, -0.2) is 9.78 Å². The van der Waals surface area contributed by atoms with Crippen LogP contribution in [0, 0.1) is 11.3 Å². The fourth-order valence-corrected chi connectivity index (χ4v) is 1.24. The molecule has 0 aliphatic heterocycles. The maximum absolute atomic E-state index is 8.86. The number of rotatable bonds is 1. The van der Waals surface area contributed by atoms with E-state index in [1.54, 1.807) is 23.0 Å². The summed E-state index contributed by atoms with van der Waals surface area (Å²) in [5.41, 5.74) is 6.81. The SMILES string of the molecule is N#Cc1ccccc1-n1ccc(N)n1. The molecule has 0 bridgehead atoms. The lowest BCUT2D eigenvalue weighted by Gasteiger charge is -2.02. The molecule has 0 amide bonds. The molecule has 68 valence electrons. The van der Waals surface area contributed by atoms with Gasteiger partial charge in [-0.05, 0) is 12.1 Å². The van der Waals surface area contributed by atoms with Crippen LogP contribution in [-0.2, 0) is 0 Å².